The summed E-state index contributed by atoms with van der Waals surface area (Å²) in [6.07, 6.45) is 3.96. The van der Waals surface area contributed by atoms with E-state index in [1.165, 1.54) is 17.4 Å². The van der Waals surface area contributed by atoms with Crippen LogP contribution in [0.25, 0.3) is 17.2 Å². The first kappa shape index (κ1) is 32.2. The first-order valence-corrected chi connectivity index (χ1v) is 15.6. The van der Waals surface area contributed by atoms with Crippen molar-refractivity contribution >= 4 is 40.1 Å². The number of esters is 1. The Morgan fingerprint density at radius 1 is 0.795 bits per heavy atom. The van der Waals surface area contributed by atoms with E-state index in [0.717, 1.165) is 32.1 Å². The third-order valence-corrected chi connectivity index (χ3v) is 7.69. The summed E-state index contributed by atoms with van der Waals surface area (Å²) in [5.74, 6) is 0.384. The molecule has 0 aliphatic rings. The zero-order valence-corrected chi connectivity index (χ0v) is 26.1. The quantitative estimate of drug-likeness (QED) is 0.0833. The molecule has 0 aliphatic heterocycles. The van der Waals surface area contributed by atoms with Crippen molar-refractivity contribution in [2.24, 2.45) is 0 Å². The highest BCUT2D eigenvalue weighted by atomic mass is 32.1. The fourth-order valence-electron chi connectivity index (χ4n) is 4.57. The van der Waals surface area contributed by atoms with Gasteiger partial charge in [-0.2, -0.15) is 0 Å². The number of Topliss-reactive ketones (excluding diaryl/α,β-unsaturated/α-hetero) is 1. The Kier molecular flexibility index (Phi) is 11.9. The highest BCUT2D eigenvalue weighted by molar-refractivity contribution is 7.16. The van der Waals surface area contributed by atoms with Crippen LogP contribution in [0.15, 0.2) is 84.9 Å². The molecule has 0 saturated carbocycles. The van der Waals surface area contributed by atoms with Gasteiger partial charge in [-0.15, -0.1) is 11.3 Å². The third-order valence-electron chi connectivity index (χ3n) is 6.64. The Labute approximate surface area is 262 Å². The van der Waals surface area contributed by atoms with Gasteiger partial charge in [0.05, 0.1) is 24.8 Å². The van der Waals surface area contributed by atoms with Crippen LogP contribution in [0.4, 0.5) is 5.00 Å². The number of thiophene rings is 1. The van der Waals surface area contributed by atoms with Crippen molar-refractivity contribution in [1.82, 2.24) is 0 Å². The van der Waals surface area contributed by atoms with Crippen LogP contribution in [0.1, 0.15) is 60.0 Å². The first-order chi connectivity index (χ1) is 21.4. The van der Waals surface area contributed by atoms with Gasteiger partial charge in [-0.1, -0.05) is 54.6 Å². The second kappa shape index (κ2) is 16.2. The minimum atomic E-state index is -0.367. The first-order valence-electron chi connectivity index (χ1n) is 14.7. The lowest BCUT2D eigenvalue weighted by Gasteiger charge is -2.12. The molecule has 1 amide bonds. The van der Waals surface area contributed by atoms with E-state index >= 15 is 0 Å². The van der Waals surface area contributed by atoms with Crippen LogP contribution < -0.4 is 14.8 Å². The normalized spacial score (nSPS) is 10.9. The maximum atomic E-state index is 12.9. The Morgan fingerprint density at radius 3 is 2.23 bits per heavy atom. The molecule has 1 heterocycles. The van der Waals surface area contributed by atoms with Crippen molar-refractivity contribution in [1.29, 1.82) is 0 Å². The molecule has 4 aromatic rings. The van der Waals surface area contributed by atoms with Crippen LogP contribution in [0, 0.1) is 0 Å². The molecule has 1 aromatic heterocycles. The van der Waals surface area contributed by atoms with E-state index in [1.54, 1.807) is 31.2 Å². The highest BCUT2D eigenvalue weighted by Crippen LogP contribution is 2.36. The molecule has 0 unspecified atom stereocenters. The van der Waals surface area contributed by atoms with E-state index < -0.39 is 0 Å². The second-order valence-corrected chi connectivity index (χ2v) is 11.0. The van der Waals surface area contributed by atoms with Crippen molar-refractivity contribution < 1.29 is 28.6 Å². The molecule has 0 bridgehead atoms. The van der Waals surface area contributed by atoms with Gasteiger partial charge in [-0.25, -0.2) is 4.79 Å². The number of hydrogen-bond donors (Lipinski definition) is 1. The van der Waals surface area contributed by atoms with E-state index in [2.05, 4.69) is 5.32 Å². The summed E-state index contributed by atoms with van der Waals surface area (Å²) >= 11 is 1.52. The van der Waals surface area contributed by atoms with E-state index in [4.69, 9.17) is 14.2 Å². The second-order valence-electron chi connectivity index (χ2n) is 9.82. The molecule has 8 heteroatoms. The predicted molar refractivity (Wildman–Crippen MR) is 176 cm³/mol. The zero-order chi connectivity index (χ0) is 31.3. The summed E-state index contributed by atoms with van der Waals surface area (Å²) in [5, 5.41) is 3.73. The number of anilines is 1. The molecule has 3 aromatic carbocycles. The van der Waals surface area contributed by atoms with Crippen LogP contribution in [0.2, 0.25) is 0 Å². The molecule has 228 valence electrons. The average Bonchev–Trinajstić information content (AvgIpc) is 3.42. The van der Waals surface area contributed by atoms with E-state index in [-0.39, 0.29) is 30.5 Å². The number of carbonyl (C=O) groups excluding carboxylic acids is 3. The summed E-state index contributed by atoms with van der Waals surface area (Å²) in [6.45, 7) is 6.82. The number of ether oxygens (including phenoxy) is 3. The van der Waals surface area contributed by atoms with Crippen LogP contribution >= 0.6 is 11.3 Å². The smallest absolute Gasteiger partial charge is 0.330 e. The van der Waals surface area contributed by atoms with Gasteiger partial charge in [0, 0.05) is 35.8 Å². The topological polar surface area (TPSA) is 90.9 Å². The van der Waals surface area contributed by atoms with Gasteiger partial charge >= 0.3 is 5.97 Å². The Hall–Kier alpha value is -4.69. The molecule has 0 atom stereocenters. The summed E-state index contributed by atoms with van der Waals surface area (Å²) in [5.41, 5.74) is 4.59. The molecule has 4 rings (SSSR count). The standard InChI is InChI=1S/C36H37NO6S/c1-4-41-31-19-17-28(23-32(31)42-5-2)30(38)18-20-34(39)37-35-24-29(27-10-8-7-9-11-27)33(44-35)22-26-14-12-25(13-15-26)16-21-36(40)43-6-3/h7-17,19,21,23-24H,4-6,18,20,22H2,1-3H3,(H,37,39). The molecule has 0 saturated heterocycles. The van der Waals surface area contributed by atoms with Gasteiger partial charge in [-0.3, -0.25) is 9.59 Å². The molecule has 1 N–H and O–H groups in total. The Morgan fingerprint density at radius 2 is 1.52 bits per heavy atom. The van der Waals surface area contributed by atoms with E-state index in [0.29, 0.717) is 43.3 Å². The largest absolute Gasteiger partial charge is 0.490 e. The van der Waals surface area contributed by atoms with Gasteiger partial charge in [-0.05, 0) is 73.4 Å². The van der Waals surface area contributed by atoms with Gasteiger partial charge in [0.2, 0.25) is 5.91 Å². The van der Waals surface area contributed by atoms with Crippen molar-refractivity contribution in [2.75, 3.05) is 25.1 Å². The monoisotopic (exact) mass is 611 g/mol. The minimum absolute atomic E-state index is 0.0602. The number of rotatable bonds is 15. The molecule has 7 nitrogen and oxygen atoms in total. The predicted octanol–water partition coefficient (Wildman–Crippen LogP) is 7.98. The maximum absolute atomic E-state index is 12.9. The molecule has 44 heavy (non-hydrogen) atoms. The fraction of sp³-hybridized carbons (Fsp3) is 0.250. The van der Waals surface area contributed by atoms with Gasteiger partial charge < -0.3 is 19.5 Å². The summed E-state index contributed by atoms with van der Waals surface area (Å²) in [6, 6.07) is 25.1. The number of hydrogen-bond acceptors (Lipinski definition) is 7. The SMILES string of the molecule is CCOC(=O)C=Cc1ccc(Cc2sc(NC(=O)CCC(=O)c3ccc(OCC)c(OCC)c3)cc2-c2ccccc2)cc1. The van der Waals surface area contributed by atoms with E-state index in [9.17, 15) is 14.4 Å². The average molecular weight is 612 g/mol. The fourth-order valence-corrected chi connectivity index (χ4v) is 5.70. The molecular weight excluding hydrogens is 574 g/mol. The molecule has 0 aliphatic carbocycles. The van der Waals surface area contributed by atoms with Crippen LogP contribution in [-0.4, -0.2) is 37.5 Å². The molecule has 0 radical (unpaired) electrons. The van der Waals surface area contributed by atoms with E-state index in [1.807, 2.05) is 74.5 Å². The Bertz CT molecular complexity index is 1590. The van der Waals surface area contributed by atoms with Crippen molar-refractivity contribution in [3.63, 3.8) is 0 Å². The van der Waals surface area contributed by atoms with Crippen LogP contribution in [0.3, 0.4) is 0 Å². The summed E-state index contributed by atoms with van der Waals surface area (Å²) in [4.78, 5) is 38.5. The van der Waals surface area contributed by atoms with Crippen LogP contribution in [-0.2, 0) is 20.7 Å². The number of benzene rings is 3. The Balaban J connectivity index is 1.43. The van der Waals surface area contributed by atoms with Crippen molar-refractivity contribution in [3.8, 4) is 22.6 Å². The van der Waals surface area contributed by atoms with Crippen molar-refractivity contribution in [2.45, 2.75) is 40.0 Å². The number of amides is 1. The number of nitrogens with one attached hydrogen (secondary N) is 1. The summed E-state index contributed by atoms with van der Waals surface area (Å²) in [7, 11) is 0. The molecule has 0 spiro atoms. The third kappa shape index (κ3) is 9.15. The lowest BCUT2D eigenvalue weighted by Crippen LogP contribution is -2.13. The van der Waals surface area contributed by atoms with Gasteiger partial charge in [0.1, 0.15) is 0 Å². The minimum Gasteiger partial charge on any atom is -0.490 e. The maximum Gasteiger partial charge on any atom is 0.330 e. The lowest BCUT2D eigenvalue weighted by atomic mass is 10.0. The summed E-state index contributed by atoms with van der Waals surface area (Å²) < 4.78 is 16.2. The number of ketones is 1. The molecular formula is C36H37NO6S. The van der Waals surface area contributed by atoms with Crippen LogP contribution in [0.5, 0.6) is 11.5 Å². The highest BCUT2D eigenvalue weighted by Gasteiger charge is 2.16. The van der Waals surface area contributed by atoms with Gasteiger partial charge in [0.15, 0.2) is 17.3 Å². The number of carbonyl (C=O) groups is 3. The van der Waals surface area contributed by atoms with Gasteiger partial charge in [0.25, 0.3) is 0 Å². The lowest BCUT2D eigenvalue weighted by molar-refractivity contribution is -0.137. The molecule has 0 fully saturated rings. The zero-order valence-electron chi connectivity index (χ0n) is 25.3. The van der Waals surface area contributed by atoms with Crippen molar-refractivity contribution in [3.05, 3.63) is 107 Å².